The summed E-state index contributed by atoms with van der Waals surface area (Å²) in [6, 6.07) is 8.20. The average Bonchev–Trinajstić information content (AvgIpc) is 2.74. The van der Waals surface area contributed by atoms with Gasteiger partial charge in [-0.3, -0.25) is 4.99 Å². The molecular weight excluding hydrogens is 370 g/mol. The molecule has 6 heteroatoms. The van der Waals surface area contributed by atoms with E-state index in [0.717, 1.165) is 56.2 Å². The molecule has 2 rings (SSSR count). The molecule has 0 aromatic heterocycles. The summed E-state index contributed by atoms with van der Waals surface area (Å²) >= 11 is 1.84. The summed E-state index contributed by atoms with van der Waals surface area (Å²) in [6.07, 6.45) is 3.60. The van der Waals surface area contributed by atoms with Gasteiger partial charge in [0.25, 0.3) is 0 Å². The predicted molar refractivity (Wildman–Crippen MR) is 120 cm³/mol. The molecule has 0 saturated carbocycles. The van der Waals surface area contributed by atoms with Crippen LogP contribution in [0.5, 0.6) is 5.75 Å². The molecule has 1 atom stereocenters. The first-order valence-electron chi connectivity index (χ1n) is 10.5. The van der Waals surface area contributed by atoms with Gasteiger partial charge in [0, 0.05) is 50.5 Å². The molecule has 1 N–H and O–H groups in total. The summed E-state index contributed by atoms with van der Waals surface area (Å²) in [5, 5.41) is 3.44. The summed E-state index contributed by atoms with van der Waals surface area (Å²) in [6.45, 7) is 8.99. The van der Waals surface area contributed by atoms with Crippen LogP contribution in [0, 0.1) is 11.8 Å². The minimum Gasteiger partial charge on any atom is -0.496 e. The molecule has 1 heterocycles. The SMILES string of the molecule is CCNC(=NCC(C)CSc1ccccc1OC)N(C)CCC1CCOCC1. The number of methoxy groups -OCH3 is 1. The van der Waals surface area contributed by atoms with Gasteiger partial charge >= 0.3 is 0 Å². The Bertz CT molecular complexity index is 591. The van der Waals surface area contributed by atoms with Gasteiger partial charge in [-0.15, -0.1) is 11.8 Å². The van der Waals surface area contributed by atoms with Crippen molar-refractivity contribution in [2.45, 2.75) is 38.0 Å². The van der Waals surface area contributed by atoms with E-state index in [1.807, 2.05) is 23.9 Å². The quantitative estimate of drug-likeness (QED) is 0.359. The van der Waals surface area contributed by atoms with E-state index in [2.05, 4.69) is 43.2 Å². The second kappa shape index (κ2) is 12.9. The van der Waals surface area contributed by atoms with Crippen LogP contribution in [0.15, 0.2) is 34.2 Å². The maximum Gasteiger partial charge on any atom is 0.193 e. The molecule has 0 bridgehead atoms. The topological polar surface area (TPSA) is 46.1 Å². The summed E-state index contributed by atoms with van der Waals surface area (Å²) in [7, 11) is 3.88. The Morgan fingerprint density at radius 3 is 2.82 bits per heavy atom. The number of hydrogen-bond donors (Lipinski definition) is 1. The lowest BCUT2D eigenvalue weighted by atomic mass is 9.96. The van der Waals surface area contributed by atoms with E-state index in [1.165, 1.54) is 24.2 Å². The van der Waals surface area contributed by atoms with E-state index in [0.29, 0.717) is 5.92 Å². The number of nitrogens with one attached hydrogen (secondary N) is 1. The van der Waals surface area contributed by atoms with Crippen molar-refractivity contribution in [2.75, 3.05) is 52.8 Å². The van der Waals surface area contributed by atoms with E-state index in [9.17, 15) is 0 Å². The van der Waals surface area contributed by atoms with Crippen molar-refractivity contribution >= 4 is 17.7 Å². The molecular formula is C22H37N3O2S. The number of guanidine groups is 1. The average molecular weight is 408 g/mol. The molecule has 28 heavy (non-hydrogen) atoms. The number of aliphatic imine (C=N–C) groups is 1. The number of nitrogens with zero attached hydrogens (tertiary/aromatic N) is 2. The zero-order valence-corrected chi connectivity index (χ0v) is 18.8. The Morgan fingerprint density at radius 1 is 1.36 bits per heavy atom. The van der Waals surface area contributed by atoms with Crippen molar-refractivity contribution in [2.24, 2.45) is 16.8 Å². The van der Waals surface area contributed by atoms with E-state index in [4.69, 9.17) is 14.5 Å². The lowest BCUT2D eigenvalue weighted by Crippen LogP contribution is -2.40. The van der Waals surface area contributed by atoms with Gasteiger partial charge in [-0.2, -0.15) is 0 Å². The molecule has 1 aliphatic rings. The van der Waals surface area contributed by atoms with Crippen molar-refractivity contribution in [3.8, 4) is 5.75 Å². The fourth-order valence-electron chi connectivity index (χ4n) is 3.25. The molecule has 0 amide bonds. The number of rotatable bonds is 10. The molecule has 1 fully saturated rings. The second-order valence-corrected chi connectivity index (χ2v) is 8.59. The number of benzene rings is 1. The Labute approximate surface area is 175 Å². The third kappa shape index (κ3) is 7.92. The highest BCUT2D eigenvalue weighted by atomic mass is 32.2. The van der Waals surface area contributed by atoms with E-state index < -0.39 is 0 Å². The van der Waals surface area contributed by atoms with Crippen LogP contribution in [0.4, 0.5) is 0 Å². The third-order valence-electron chi connectivity index (χ3n) is 5.06. The number of para-hydroxylation sites is 1. The molecule has 0 radical (unpaired) electrons. The van der Waals surface area contributed by atoms with Crippen LogP contribution in [0.3, 0.4) is 0 Å². The second-order valence-electron chi connectivity index (χ2n) is 7.53. The van der Waals surface area contributed by atoms with Crippen LogP contribution in [-0.2, 0) is 4.74 Å². The molecule has 0 spiro atoms. The Morgan fingerprint density at radius 2 is 2.11 bits per heavy atom. The van der Waals surface area contributed by atoms with E-state index >= 15 is 0 Å². The van der Waals surface area contributed by atoms with Crippen molar-refractivity contribution in [3.63, 3.8) is 0 Å². The van der Waals surface area contributed by atoms with E-state index in [1.54, 1.807) is 7.11 Å². The van der Waals surface area contributed by atoms with Gasteiger partial charge in [-0.05, 0) is 50.2 Å². The van der Waals surface area contributed by atoms with Gasteiger partial charge in [-0.25, -0.2) is 0 Å². The van der Waals surface area contributed by atoms with Gasteiger partial charge < -0.3 is 19.7 Å². The lowest BCUT2D eigenvalue weighted by Gasteiger charge is -2.27. The maximum atomic E-state index is 5.47. The Balaban J connectivity index is 1.80. The minimum atomic E-state index is 0.493. The highest BCUT2D eigenvalue weighted by Gasteiger charge is 2.15. The van der Waals surface area contributed by atoms with Gasteiger partial charge in [0.1, 0.15) is 5.75 Å². The zero-order chi connectivity index (χ0) is 20.2. The molecule has 1 unspecified atom stereocenters. The number of thioether (sulfide) groups is 1. The van der Waals surface area contributed by atoms with Gasteiger partial charge in [0.05, 0.1) is 7.11 Å². The largest absolute Gasteiger partial charge is 0.496 e. The molecule has 1 aromatic carbocycles. The smallest absolute Gasteiger partial charge is 0.193 e. The van der Waals surface area contributed by atoms with Crippen LogP contribution >= 0.6 is 11.8 Å². The first-order chi connectivity index (χ1) is 13.6. The summed E-state index contributed by atoms with van der Waals surface area (Å²) in [5.74, 6) is 4.27. The molecule has 5 nitrogen and oxygen atoms in total. The standard InChI is InChI=1S/C22H37N3O2S/c1-5-23-22(25(3)13-10-19-11-14-27-15-12-19)24-16-18(2)17-28-21-9-7-6-8-20(21)26-4/h6-9,18-19H,5,10-17H2,1-4H3,(H,23,24). The normalized spacial score (nSPS) is 16.6. The summed E-state index contributed by atoms with van der Waals surface area (Å²) in [4.78, 5) is 8.37. The van der Waals surface area contributed by atoms with Gasteiger partial charge in [-0.1, -0.05) is 19.1 Å². The highest BCUT2D eigenvalue weighted by molar-refractivity contribution is 7.99. The minimum absolute atomic E-state index is 0.493. The number of hydrogen-bond acceptors (Lipinski definition) is 4. The number of ether oxygens (including phenoxy) is 2. The monoisotopic (exact) mass is 407 g/mol. The van der Waals surface area contributed by atoms with Crippen molar-refractivity contribution < 1.29 is 9.47 Å². The fourth-order valence-corrected chi connectivity index (χ4v) is 4.29. The zero-order valence-electron chi connectivity index (χ0n) is 17.9. The molecule has 1 aliphatic heterocycles. The van der Waals surface area contributed by atoms with Crippen LogP contribution in [0.2, 0.25) is 0 Å². The molecule has 1 aromatic rings. The van der Waals surface area contributed by atoms with Gasteiger partial charge in [0.15, 0.2) is 5.96 Å². The van der Waals surface area contributed by atoms with Crippen molar-refractivity contribution in [1.29, 1.82) is 0 Å². The van der Waals surface area contributed by atoms with Crippen LogP contribution in [0.25, 0.3) is 0 Å². The van der Waals surface area contributed by atoms with E-state index in [-0.39, 0.29) is 0 Å². The first kappa shape index (κ1) is 22.9. The predicted octanol–water partition coefficient (Wildman–Crippen LogP) is 4.14. The highest BCUT2D eigenvalue weighted by Crippen LogP contribution is 2.30. The third-order valence-corrected chi connectivity index (χ3v) is 6.44. The van der Waals surface area contributed by atoms with Crippen molar-refractivity contribution in [3.05, 3.63) is 24.3 Å². The lowest BCUT2D eigenvalue weighted by molar-refractivity contribution is 0.0625. The maximum absolute atomic E-state index is 5.47. The fraction of sp³-hybridized carbons (Fsp3) is 0.682. The summed E-state index contributed by atoms with van der Waals surface area (Å²) < 4.78 is 10.9. The first-order valence-corrected chi connectivity index (χ1v) is 11.5. The van der Waals surface area contributed by atoms with Crippen molar-refractivity contribution in [1.82, 2.24) is 10.2 Å². The Kier molecular flexibility index (Phi) is 10.6. The van der Waals surface area contributed by atoms with Crippen LogP contribution in [0.1, 0.15) is 33.1 Å². The van der Waals surface area contributed by atoms with Crippen LogP contribution in [-0.4, -0.2) is 63.6 Å². The molecule has 0 aliphatic carbocycles. The molecule has 1 saturated heterocycles. The summed E-state index contributed by atoms with van der Waals surface area (Å²) in [5.41, 5.74) is 0. The molecule has 158 valence electrons. The van der Waals surface area contributed by atoms with Gasteiger partial charge in [0.2, 0.25) is 0 Å². The van der Waals surface area contributed by atoms with Crippen LogP contribution < -0.4 is 10.1 Å². The Hall–Kier alpha value is -1.40.